The molecule has 0 fully saturated rings. The molecule has 2 aromatic carbocycles. The van der Waals surface area contributed by atoms with Gasteiger partial charge in [-0.15, -0.1) is 0 Å². The smallest absolute Gasteiger partial charge is 0.329 e. The van der Waals surface area contributed by atoms with E-state index in [0.717, 1.165) is 5.39 Å². The van der Waals surface area contributed by atoms with Crippen LogP contribution in [0.1, 0.15) is 17.0 Å². The zero-order valence-electron chi connectivity index (χ0n) is 17.0. The third-order valence-electron chi connectivity index (χ3n) is 4.39. The van der Waals surface area contributed by atoms with Crippen LogP contribution in [-0.4, -0.2) is 48.9 Å². The molecule has 8 heteroatoms. The number of fused-ring (bicyclic) bond motifs is 1. The molecular formula is C23H23NO6S. The molecule has 0 radical (unpaired) electrons. The molecule has 1 aromatic heterocycles. The minimum atomic E-state index is -0.872. The van der Waals surface area contributed by atoms with E-state index in [0.29, 0.717) is 23.5 Å². The Bertz CT molecular complexity index is 1000. The van der Waals surface area contributed by atoms with Crippen molar-refractivity contribution in [2.45, 2.75) is 12.5 Å². The van der Waals surface area contributed by atoms with Gasteiger partial charge in [0.25, 0.3) is 5.91 Å². The van der Waals surface area contributed by atoms with E-state index in [4.69, 9.17) is 13.9 Å². The van der Waals surface area contributed by atoms with E-state index in [1.165, 1.54) is 11.8 Å². The van der Waals surface area contributed by atoms with Gasteiger partial charge in [0.2, 0.25) is 5.78 Å². The largest absolute Gasteiger partial charge is 0.484 e. The van der Waals surface area contributed by atoms with Crippen LogP contribution in [0.5, 0.6) is 5.75 Å². The maximum Gasteiger partial charge on any atom is 0.329 e. The molecule has 3 aromatic rings. The number of carbonyl (C=O) groups excluding carboxylic acids is 3. The van der Waals surface area contributed by atoms with Crippen LogP contribution in [0.4, 0.5) is 0 Å². The maximum atomic E-state index is 12.5. The first-order chi connectivity index (χ1) is 15.1. The molecule has 0 aliphatic carbocycles. The van der Waals surface area contributed by atoms with Gasteiger partial charge in [-0.3, -0.25) is 9.59 Å². The second kappa shape index (κ2) is 11.2. The molecule has 0 saturated heterocycles. The average molecular weight is 442 g/mol. The van der Waals surface area contributed by atoms with Gasteiger partial charge in [0.05, 0.1) is 0 Å². The van der Waals surface area contributed by atoms with E-state index in [9.17, 15) is 14.4 Å². The van der Waals surface area contributed by atoms with Gasteiger partial charge in [0.1, 0.15) is 17.4 Å². The Morgan fingerprint density at radius 2 is 1.77 bits per heavy atom. The molecule has 1 heterocycles. The number of nitrogens with one attached hydrogen (secondary N) is 1. The number of Topliss-reactive ketones (excluding diaryl/α,β-unsaturated/α-hetero) is 1. The summed E-state index contributed by atoms with van der Waals surface area (Å²) in [4.78, 5) is 37.1. The Kier molecular flexibility index (Phi) is 8.12. The predicted molar refractivity (Wildman–Crippen MR) is 118 cm³/mol. The van der Waals surface area contributed by atoms with Gasteiger partial charge in [-0.25, -0.2) is 4.79 Å². The highest BCUT2D eigenvalue weighted by atomic mass is 32.2. The van der Waals surface area contributed by atoms with Crippen LogP contribution >= 0.6 is 11.8 Å². The zero-order valence-corrected chi connectivity index (χ0v) is 17.9. The lowest BCUT2D eigenvalue weighted by atomic mass is 10.2. The highest BCUT2D eigenvalue weighted by molar-refractivity contribution is 7.98. The number of furan rings is 1. The first-order valence-electron chi connectivity index (χ1n) is 9.71. The van der Waals surface area contributed by atoms with Crippen molar-refractivity contribution in [3.8, 4) is 5.75 Å². The number of para-hydroxylation sites is 2. The van der Waals surface area contributed by atoms with Gasteiger partial charge < -0.3 is 19.2 Å². The van der Waals surface area contributed by atoms with Gasteiger partial charge in [-0.05, 0) is 42.7 Å². The first-order valence-corrected chi connectivity index (χ1v) is 11.1. The highest BCUT2D eigenvalue weighted by Crippen LogP contribution is 2.19. The van der Waals surface area contributed by atoms with Crippen LogP contribution in [0.25, 0.3) is 11.0 Å². The molecule has 1 atom stereocenters. The molecule has 0 saturated carbocycles. The third kappa shape index (κ3) is 6.62. The lowest BCUT2D eigenvalue weighted by Crippen LogP contribution is -2.44. The van der Waals surface area contributed by atoms with Crippen molar-refractivity contribution >= 4 is 40.4 Å². The molecule has 1 amide bonds. The normalized spacial score (nSPS) is 11.6. The van der Waals surface area contributed by atoms with Crippen molar-refractivity contribution in [1.29, 1.82) is 0 Å². The topological polar surface area (TPSA) is 94.8 Å². The van der Waals surface area contributed by atoms with Crippen molar-refractivity contribution in [3.05, 3.63) is 66.4 Å². The van der Waals surface area contributed by atoms with Crippen LogP contribution in [0, 0.1) is 0 Å². The Morgan fingerprint density at radius 3 is 2.52 bits per heavy atom. The van der Waals surface area contributed by atoms with Gasteiger partial charge in [0.15, 0.2) is 19.0 Å². The summed E-state index contributed by atoms with van der Waals surface area (Å²) in [5.74, 6) is -0.266. The van der Waals surface area contributed by atoms with Crippen LogP contribution < -0.4 is 10.1 Å². The van der Waals surface area contributed by atoms with Crippen LogP contribution in [-0.2, 0) is 14.3 Å². The van der Waals surface area contributed by atoms with Crippen LogP contribution in [0.2, 0.25) is 0 Å². The fourth-order valence-corrected chi connectivity index (χ4v) is 3.29. The molecular weight excluding hydrogens is 418 g/mol. The lowest BCUT2D eigenvalue weighted by molar-refractivity contribution is -0.147. The Labute approximate surface area is 184 Å². The van der Waals surface area contributed by atoms with E-state index in [2.05, 4.69) is 5.32 Å². The number of rotatable bonds is 11. The predicted octanol–water partition coefficient (Wildman–Crippen LogP) is 3.48. The number of hydrogen-bond donors (Lipinski definition) is 1. The van der Waals surface area contributed by atoms with E-state index in [1.807, 2.05) is 24.5 Å². The summed E-state index contributed by atoms with van der Waals surface area (Å²) in [7, 11) is 0. The van der Waals surface area contributed by atoms with Gasteiger partial charge in [-0.2, -0.15) is 11.8 Å². The zero-order chi connectivity index (χ0) is 22.1. The molecule has 31 heavy (non-hydrogen) atoms. The fraction of sp³-hybridized carbons (Fsp3) is 0.261. The number of benzene rings is 2. The number of ketones is 1. The Balaban J connectivity index is 1.53. The summed E-state index contributed by atoms with van der Waals surface area (Å²) in [6, 6.07) is 16.9. The molecule has 0 aliphatic heterocycles. The number of thioether (sulfide) groups is 1. The van der Waals surface area contributed by atoms with Crippen molar-refractivity contribution in [3.63, 3.8) is 0 Å². The molecule has 7 nitrogen and oxygen atoms in total. The number of amides is 1. The number of esters is 1. The minimum absolute atomic E-state index is 0.120. The summed E-state index contributed by atoms with van der Waals surface area (Å²) in [5, 5.41) is 3.41. The fourth-order valence-electron chi connectivity index (χ4n) is 2.81. The third-order valence-corrected chi connectivity index (χ3v) is 5.03. The summed E-state index contributed by atoms with van der Waals surface area (Å²) in [6.45, 7) is -0.699. The second-order valence-electron chi connectivity index (χ2n) is 6.68. The summed E-state index contributed by atoms with van der Waals surface area (Å²) < 4.78 is 16.1. The Morgan fingerprint density at radius 1 is 1.03 bits per heavy atom. The Hall–Kier alpha value is -3.26. The molecule has 0 unspecified atom stereocenters. The highest BCUT2D eigenvalue weighted by Gasteiger charge is 2.24. The van der Waals surface area contributed by atoms with Crippen LogP contribution in [0.15, 0.2) is 65.1 Å². The standard InChI is InChI=1S/C23H23NO6S/c1-31-12-11-18(24-22(26)15-28-17-8-3-2-4-9-17)23(27)29-14-19(25)21-13-16-7-5-6-10-20(16)30-21/h2-10,13,18H,11-12,14-15H2,1H3,(H,24,26)/t18-/m1/s1. The molecule has 0 bridgehead atoms. The van der Waals surface area contributed by atoms with E-state index >= 15 is 0 Å². The first kappa shape index (κ1) is 22.4. The van der Waals surface area contributed by atoms with E-state index in [1.54, 1.807) is 42.5 Å². The average Bonchev–Trinajstić information content (AvgIpc) is 3.23. The van der Waals surface area contributed by atoms with Gasteiger partial charge in [-0.1, -0.05) is 36.4 Å². The summed E-state index contributed by atoms with van der Waals surface area (Å²) >= 11 is 1.54. The summed E-state index contributed by atoms with van der Waals surface area (Å²) in [6.07, 6.45) is 2.27. The molecule has 0 spiro atoms. The number of ether oxygens (including phenoxy) is 2. The molecule has 3 rings (SSSR count). The number of hydrogen-bond acceptors (Lipinski definition) is 7. The quantitative estimate of drug-likeness (QED) is 0.360. The van der Waals surface area contributed by atoms with Crippen molar-refractivity contribution in [1.82, 2.24) is 5.32 Å². The minimum Gasteiger partial charge on any atom is -0.484 e. The monoisotopic (exact) mass is 441 g/mol. The van der Waals surface area contributed by atoms with Crippen molar-refractivity contribution < 1.29 is 28.3 Å². The lowest BCUT2D eigenvalue weighted by Gasteiger charge is -2.17. The van der Waals surface area contributed by atoms with E-state index in [-0.39, 0.29) is 12.4 Å². The second-order valence-corrected chi connectivity index (χ2v) is 7.67. The summed E-state index contributed by atoms with van der Waals surface area (Å²) in [5.41, 5.74) is 0.584. The maximum absolute atomic E-state index is 12.5. The number of carbonyl (C=O) groups is 3. The van der Waals surface area contributed by atoms with E-state index < -0.39 is 30.3 Å². The van der Waals surface area contributed by atoms with Gasteiger partial charge in [0, 0.05) is 5.39 Å². The van der Waals surface area contributed by atoms with Crippen molar-refractivity contribution in [2.75, 3.05) is 25.2 Å². The molecule has 162 valence electrons. The van der Waals surface area contributed by atoms with Gasteiger partial charge >= 0.3 is 5.97 Å². The SMILES string of the molecule is CSCC[C@@H](NC(=O)COc1ccccc1)C(=O)OCC(=O)c1cc2ccccc2o1. The molecule has 1 N–H and O–H groups in total. The molecule has 0 aliphatic rings. The van der Waals surface area contributed by atoms with Crippen molar-refractivity contribution in [2.24, 2.45) is 0 Å². The van der Waals surface area contributed by atoms with Crippen LogP contribution in [0.3, 0.4) is 0 Å².